The van der Waals surface area contributed by atoms with E-state index >= 15 is 0 Å². The lowest BCUT2D eigenvalue weighted by molar-refractivity contribution is -0.145. The molecule has 0 aromatic heterocycles. The van der Waals surface area contributed by atoms with Gasteiger partial charge in [0.05, 0.1) is 0 Å². The fourth-order valence-electron chi connectivity index (χ4n) is 10.7. The van der Waals surface area contributed by atoms with Gasteiger partial charge in [0.1, 0.15) is 17.5 Å². The van der Waals surface area contributed by atoms with E-state index in [2.05, 4.69) is 32.9 Å². The van der Waals surface area contributed by atoms with Crippen molar-refractivity contribution in [3.63, 3.8) is 0 Å². The minimum atomic E-state index is -1.42. The Kier molecular flexibility index (Phi) is 55.4. The van der Waals surface area contributed by atoms with Crippen molar-refractivity contribution >= 4 is 23.6 Å². The van der Waals surface area contributed by atoms with Crippen molar-refractivity contribution in [2.45, 2.75) is 380 Å². The molecule has 0 aliphatic heterocycles. The zero-order chi connectivity index (χ0) is 51.0. The van der Waals surface area contributed by atoms with Crippen molar-refractivity contribution in [2.24, 2.45) is 5.41 Å². The predicted octanol–water partition coefficient (Wildman–Crippen LogP) is 22.3. The van der Waals surface area contributed by atoms with E-state index in [1.54, 1.807) is 0 Å². The van der Waals surface area contributed by atoms with Crippen LogP contribution in [0.3, 0.4) is 0 Å². The van der Waals surface area contributed by atoms with Crippen molar-refractivity contribution in [3.8, 4) is 0 Å². The van der Waals surface area contributed by atoms with Crippen LogP contribution >= 0.6 is 0 Å². The summed E-state index contributed by atoms with van der Waals surface area (Å²) in [7, 11) is 0. The van der Waals surface area contributed by atoms with Gasteiger partial charge in [-0.15, -0.1) is 0 Å². The molecule has 0 aromatic carbocycles. The summed E-state index contributed by atoms with van der Waals surface area (Å²) in [5, 5.41) is 0. The van der Waals surface area contributed by atoms with Crippen molar-refractivity contribution in [1.29, 1.82) is 0 Å². The fourth-order valence-corrected chi connectivity index (χ4v) is 10.7. The molecule has 0 spiro atoms. The van der Waals surface area contributed by atoms with Gasteiger partial charge < -0.3 is 4.79 Å². The third kappa shape index (κ3) is 46.2. The van der Waals surface area contributed by atoms with Gasteiger partial charge in [-0.05, 0) is 57.8 Å². The molecule has 0 amide bonds. The molecule has 0 aromatic rings. The van der Waals surface area contributed by atoms with Crippen molar-refractivity contribution in [3.05, 3.63) is 12.2 Å². The number of Topliss-reactive ketones (excluding diaryl/α,β-unsaturated/α-hetero) is 3. The maximum absolute atomic E-state index is 13.8. The van der Waals surface area contributed by atoms with E-state index in [-0.39, 0.29) is 11.6 Å². The molecule has 0 bridgehead atoms. The Morgan fingerprint density at radius 3 is 0.743 bits per heavy atom. The van der Waals surface area contributed by atoms with Gasteiger partial charge in [0.2, 0.25) is 0 Å². The van der Waals surface area contributed by atoms with E-state index in [4.69, 9.17) is 0 Å². The van der Waals surface area contributed by atoms with E-state index in [1.165, 1.54) is 238 Å². The Morgan fingerprint density at radius 2 is 0.486 bits per heavy atom. The average Bonchev–Trinajstić information content (AvgIpc) is 3.36. The average molecular weight is 982 g/mol. The quantitative estimate of drug-likeness (QED) is 0.0264. The number of ketones is 3. The molecule has 0 heterocycles. The van der Waals surface area contributed by atoms with E-state index in [0.29, 0.717) is 25.0 Å². The molecule has 412 valence electrons. The van der Waals surface area contributed by atoms with Crippen LogP contribution in [0.25, 0.3) is 0 Å². The highest BCUT2D eigenvalue weighted by Gasteiger charge is 2.43. The van der Waals surface area contributed by atoms with E-state index in [9.17, 15) is 19.2 Å². The van der Waals surface area contributed by atoms with Gasteiger partial charge in [-0.1, -0.05) is 309 Å². The highest BCUT2D eigenvalue weighted by molar-refractivity contribution is 6.18. The van der Waals surface area contributed by atoms with E-state index in [1.807, 2.05) is 0 Å². The molecule has 0 saturated heterocycles. The Balaban J connectivity index is 4.22. The molecule has 4 nitrogen and oxygen atoms in total. The Hall–Kier alpha value is -1.58. The Labute approximate surface area is 438 Å². The first-order chi connectivity index (χ1) is 34.5. The second-order valence-corrected chi connectivity index (χ2v) is 22.5. The topological polar surface area (TPSA) is 68.3 Å². The Morgan fingerprint density at radius 1 is 0.271 bits per heavy atom. The zero-order valence-corrected chi connectivity index (χ0v) is 48.0. The smallest absolute Gasteiger partial charge is 0.153 e. The number of allylic oxidation sites excluding steroid dienone is 2. The summed E-state index contributed by atoms with van der Waals surface area (Å²) in [4.78, 5) is 52.7. The minimum Gasteiger partial charge on any atom is -0.302 e. The largest absolute Gasteiger partial charge is 0.302 e. The highest BCUT2D eigenvalue weighted by Crippen LogP contribution is 2.31. The van der Waals surface area contributed by atoms with E-state index in [0.717, 1.165) is 109 Å². The lowest BCUT2D eigenvalue weighted by Crippen LogP contribution is -2.41. The number of hydrogen-bond donors (Lipinski definition) is 0. The monoisotopic (exact) mass is 981 g/mol. The highest BCUT2D eigenvalue weighted by atomic mass is 16.2. The first kappa shape index (κ1) is 68.4. The molecule has 0 radical (unpaired) electrons. The predicted molar refractivity (Wildman–Crippen MR) is 308 cm³/mol. The number of carbonyl (C=O) groups excluding carboxylic acids is 4. The van der Waals surface area contributed by atoms with Gasteiger partial charge in [-0.3, -0.25) is 14.4 Å². The normalized spacial score (nSPS) is 12.6. The van der Waals surface area contributed by atoms with Gasteiger partial charge in [0.25, 0.3) is 0 Å². The molecular weight excluding hydrogens is 857 g/mol. The molecule has 1 unspecified atom stereocenters. The first-order valence-electron chi connectivity index (χ1n) is 32.2. The van der Waals surface area contributed by atoms with Gasteiger partial charge in [-0.2, -0.15) is 0 Å². The van der Waals surface area contributed by atoms with Gasteiger partial charge in [0.15, 0.2) is 11.6 Å². The van der Waals surface area contributed by atoms with Crippen LogP contribution in [-0.4, -0.2) is 23.6 Å². The number of hydrogen-bond acceptors (Lipinski definition) is 4. The summed E-state index contributed by atoms with van der Waals surface area (Å²) in [6.07, 6.45) is 71.8. The lowest BCUT2D eigenvalue weighted by atomic mass is 9.73. The van der Waals surface area contributed by atoms with Gasteiger partial charge >= 0.3 is 0 Å². The molecule has 0 fully saturated rings. The Bertz CT molecular complexity index is 1140. The SMILES string of the molecule is CCCCCCCCCCCCCCCCCC(=O)CCCCCCCC/C=C\CCCCCCC(C=O)(C(=O)CCCCCCCCCCCCC)C(=O)CCCCCCCCCCCCCCC. The second-order valence-electron chi connectivity index (χ2n) is 22.5. The summed E-state index contributed by atoms with van der Waals surface area (Å²) in [5.41, 5.74) is -1.42. The molecular formula is C66H124O4. The third-order valence-electron chi connectivity index (χ3n) is 15.7. The summed E-state index contributed by atoms with van der Waals surface area (Å²) in [6.45, 7) is 6.83. The molecule has 0 aliphatic rings. The molecule has 70 heavy (non-hydrogen) atoms. The van der Waals surface area contributed by atoms with Crippen molar-refractivity contribution in [2.75, 3.05) is 0 Å². The standard InChI is InChI=1S/C66H124O4/c1-4-7-10-13-16-19-22-24-25-29-33-37-42-47-52-57-63(68)58-53-48-43-38-34-30-26-27-31-36-41-46-51-56-61-66(62-67,64(69)59-54-49-44-39-32-21-18-15-12-9-6-3)65(70)60-55-50-45-40-35-28-23-20-17-14-11-8-5-2/h27,31,62H,4-26,28-30,32-61H2,1-3H3/b31-27-. The van der Waals surface area contributed by atoms with Crippen LogP contribution in [0.2, 0.25) is 0 Å². The van der Waals surface area contributed by atoms with Crippen LogP contribution in [0.15, 0.2) is 12.2 Å². The van der Waals surface area contributed by atoms with Crippen LogP contribution in [0.5, 0.6) is 0 Å². The van der Waals surface area contributed by atoms with Crippen LogP contribution < -0.4 is 0 Å². The molecule has 1 atom stereocenters. The molecule has 0 saturated carbocycles. The third-order valence-corrected chi connectivity index (χ3v) is 15.7. The van der Waals surface area contributed by atoms with Crippen molar-refractivity contribution in [1.82, 2.24) is 0 Å². The van der Waals surface area contributed by atoms with Crippen LogP contribution in [-0.2, 0) is 19.2 Å². The lowest BCUT2D eigenvalue weighted by Gasteiger charge is -2.25. The maximum atomic E-state index is 13.8. The van der Waals surface area contributed by atoms with Crippen LogP contribution in [0, 0.1) is 5.41 Å². The van der Waals surface area contributed by atoms with Crippen molar-refractivity contribution < 1.29 is 19.2 Å². The summed E-state index contributed by atoms with van der Waals surface area (Å²) in [6, 6.07) is 0. The number of unbranched alkanes of at least 4 members (excludes halogenated alkanes) is 46. The summed E-state index contributed by atoms with van der Waals surface area (Å²) >= 11 is 0. The molecule has 0 aliphatic carbocycles. The molecule has 0 rings (SSSR count). The van der Waals surface area contributed by atoms with Gasteiger partial charge in [-0.25, -0.2) is 0 Å². The summed E-state index contributed by atoms with van der Waals surface area (Å²) < 4.78 is 0. The minimum absolute atomic E-state index is 0.0996. The molecule has 4 heteroatoms. The summed E-state index contributed by atoms with van der Waals surface area (Å²) in [5.74, 6) is 0.286. The van der Waals surface area contributed by atoms with Crippen LogP contribution in [0.1, 0.15) is 380 Å². The number of aldehydes is 1. The number of rotatable bonds is 61. The molecule has 0 N–H and O–H groups in total. The van der Waals surface area contributed by atoms with Crippen LogP contribution in [0.4, 0.5) is 0 Å². The fraction of sp³-hybridized carbons (Fsp3) is 0.909. The van der Waals surface area contributed by atoms with Gasteiger partial charge in [0, 0.05) is 25.7 Å². The van der Waals surface area contributed by atoms with E-state index < -0.39 is 5.41 Å². The first-order valence-corrected chi connectivity index (χ1v) is 32.2. The zero-order valence-electron chi connectivity index (χ0n) is 48.0. The second kappa shape index (κ2) is 56.7. The maximum Gasteiger partial charge on any atom is 0.153 e. The number of carbonyl (C=O) groups is 4.